The summed E-state index contributed by atoms with van der Waals surface area (Å²) in [5.74, 6) is -6.13. The standard InChI is InChI=1S/C9H10F6N2O2S/c10-8(11,12)5(9(13,14)15)7(18)17-1-2-19-4(3-17)6(16)20/h4-5H,1-3H2,(H2,16,20). The second kappa shape index (κ2) is 5.72. The van der Waals surface area contributed by atoms with E-state index in [2.05, 4.69) is 12.2 Å². The molecule has 1 atom stereocenters. The Morgan fingerprint density at radius 1 is 1.25 bits per heavy atom. The molecule has 0 spiro atoms. The van der Waals surface area contributed by atoms with Crippen LogP contribution >= 0.6 is 12.2 Å². The fourth-order valence-corrected chi connectivity index (χ4v) is 1.81. The summed E-state index contributed by atoms with van der Waals surface area (Å²) >= 11 is 4.54. The summed E-state index contributed by atoms with van der Waals surface area (Å²) in [6.07, 6.45) is -12.5. The molecule has 0 aromatic rings. The van der Waals surface area contributed by atoms with Crippen LogP contribution in [0, 0.1) is 5.92 Å². The van der Waals surface area contributed by atoms with Gasteiger partial charge >= 0.3 is 12.4 Å². The number of ether oxygens (including phenoxy) is 1. The van der Waals surface area contributed by atoms with E-state index in [1.54, 1.807) is 0 Å². The predicted molar refractivity (Wildman–Crippen MR) is 58.7 cm³/mol. The number of thiocarbonyl (C=S) groups is 1. The maximum absolute atomic E-state index is 12.4. The number of halogens is 6. The number of rotatable bonds is 2. The minimum atomic E-state index is -5.72. The molecule has 0 aromatic heterocycles. The van der Waals surface area contributed by atoms with Crippen molar-refractivity contribution < 1.29 is 35.9 Å². The van der Waals surface area contributed by atoms with Crippen molar-refractivity contribution in [3.05, 3.63) is 0 Å². The zero-order valence-corrected chi connectivity index (χ0v) is 10.6. The van der Waals surface area contributed by atoms with Gasteiger partial charge in [0.05, 0.1) is 13.2 Å². The van der Waals surface area contributed by atoms with Gasteiger partial charge in [0.25, 0.3) is 0 Å². The maximum atomic E-state index is 12.4. The minimum Gasteiger partial charge on any atom is -0.391 e. The van der Waals surface area contributed by atoms with Crippen molar-refractivity contribution in [3.8, 4) is 0 Å². The zero-order chi connectivity index (χ0) is 15.7. The van der Waals surface area contributed by atoms with Gasteiger partial charge in [-0.2, -0.15) is 26.3 Å². The maximum Gasteiger partial charge on any atom is 0.409 e. The van der Waals surface area contributed by atoms with Crippen molar-refractivity contribution >= 4 is 23.1 Å². The molecule has 11 heteroatoms. The molecule has 116 valence electrons. The first-order chi connectivity index (χ1) is 8.94. The Morgan fingerprint density at radius 3 is 2.15 bits per heavy atom. The van der Waals surface area contributed by atoms with Crippen LogP contribution in [0.25, 0.3) is 0 Å². The molecule has 0 saturated carbocycles. The number of carbonyl (C=O) groups excluding carboxylic acids is 1. The van der Waals surface area contributed by atoms with Crippen LogP contribution in [0.5, 0.6) is 0 Å². The van der Waals surface area contributed by atoms with Gasteiger partial charge in [0.2, 0.25) is 11.8 Å². The van der Waals surface area contributed by atoms with E-state index in [1.807, 2.05) is 0 Å². The third kappa shape index (κ3) is 3.95. The Hall–Kier alpha value is -1.10. The Labute approximate surface area is 114 Å². The van der Waals surface area contributed by atoms with Crippen molar-refractivity contribution in [1.82, 2.24) is 4.90 Å². The van der Waals surface area contributed by atoms with Gasteiger partial charge in [-0.05, 0) is 0 Å². The molecule has 1 aliphatic rings. The summed E-state index contributed by atoms with van der Waals surface area (Å²) in [6, 6.07) is 0. The number of alkyl halides is 6. The molecule has 0 aromatic carbocycles. The van der Waals surface area contributed by atoms with E-state index in [1.165, 1.54) is 0 Å². The fourth-order valence-electron chi connectivity index (χ4n) is 1.67. The molecule has 1 fully saturated rings. The molecule has 1 amide bonds. The Balaban J connectivity index is 2.93. The van der Waals surface area contributed by atoms with E-state index < -0.39 is 36.8 Å². The quantitative estimate of drug-likeness (QED) is 0.613. The fraction of sp³-hybridized carbons (Fsp3) is 0.778. The van der Waals surface area contributed by atoms with E-state index >= 15 is 0 Å². The third-order valence-corrected chi connectivity index (χ3v) is 2.86. The van der Waals surface area contributed by atoms with E-state index in [-0.39, 0.29) is 18.1 Å². The van der Waals surface area contributed by atoms with Gasteiger partial charge in [-0.1, -0.05) is 12.2 Å². The predicted octanol–water partition coefficient (Wildman–Crippen LogP) is 1.24. The van der Waals surface area contributed by atoms with Crippen LogP contribution in [0.3, 0.4) is 0 Å². The van der Waals surface area contributed by atoms with Crippen LogP contribution in [0.2, 0.25) is 0 Å². The highest BCUT2D eigenvalue weighted by atomic mass is 32.1. The van der Waals surface area contributed by atoms with Crippen LogP contribution in [0.4, 0.5) is 26.3 Å². The molecule has 20 heavy (non-hydrogen) atoms. The number of morpholine rings is 1. The molecule has 1 unspecified atom stereocenters. The van der Waals surface area contributed by atoms with E-state index in [9.17, 15) is 31.1 Å². The molecule has 1 rings (SSSR count). The first-order valence-electron chi connectivity index (χ1n) is 5.27. The van der Waals surface area contributed by atoms with Crippen LogP contribution in [0.15, 0.2) is 0 Å². The second-order valence-corrected chi connectivity index (χ2v) is 4.53. The lowest BCUT2D eigenvalue weighted by Crippen LogP contribution is -2.56. The van der Waals surface area contributed by atoms with Gasteiger partial charge in [0.1, 0.15) is 11.1 Å². The summed E-state index contributed by atoms with van der Waals surface area (Å²) in [5, 5.41) is 0. The summed E-state index contributed by atoms with van der Waals surface area (Å²) < 4.78 is 79.5. The number of carbonyl (C=O) groups is 1. The largest absolute Gasteiger partial charge is 0.409 e. The average molecular weight is 324 g/mol. The molecular formula is C9H10F6N2O2S. The minimum absolute atomic E-state index is 0.238. The number of amides is 1. The number of nitrogens with two attached hydrogens (primary N) is 1. The van der Waals surface area contributed by atoms with Crippen LogP contribution < -0.4 is 5.73 Å². The molecule has 1 saturated heterocycles. The summed E-state index contributed by atoms with van der Waals surface area (Å²) in [4.78, 5) is 11.7. The molecule has 2 N–H and O–H groups in total. The number of nitrogens with zero attached hydrogens (tertiary/aromatic N) is 1. The van der Waals surface area contributed by atoms with Crippen molar-refractivity contribution in [2.45, 2.75) is 18.5 Å². The Morgan fingerprint density at radius 2 is 1.75 bits per heavy atom. The number of hydrogen-bond donors (Lipinski definition) is 1. The van der Waals surface area contributed by atoms with Crippen molar-refractivity contribution in [2.24, 2.45) is 11.7 Å². The van der Waals surface area contributed by atoms with E-state index in [0.29, 0.717) is 4.90 Å². The molecule has 0 bridgehead atoms. The molecule has 4 nitrogen and oxygen atoms in total. The molecule has 1 heterocycles. The average Bonchev–Trinajstić information content (AvgIpc) is 2.25. The second-order valence-electron chi connectivity index (χ2n) is 4.06. The lowest BCUT2D eigenvalue weighted by Gasteiger charge is -2.35. The van der Waals surface area contributed by atoms with E-state index in [0.717, 1.165) is 0 Å². The SMILES string of the molecule is NC(=S)C1CN(C(=O)C(C(F)(F)F)C(F)(F)F)CCO1. The molecular weight excluding hydrogens is 314 g/mol. The van der Waals surface area contributed by atoms with Crippen molar-refractivity contribution in [3.63, 3.8) is 0 Å². The topological polar surface area (TPSA) is 55.6 Å². The molecule has 0 radical (unpaired) electrons. The highest BCUT2D eigenvalue weighted by Crippen LogP contribution is 2.40. The summed E-state index contributed by atoms with van der Waals surface area (Å²) in [7, 11) is 0. The van der Waals surface area contributed by atoms with Crippen LogP contribution in [-0.2, 0) is 9.53 Å². The Bertz CT molecular complexity index is 383. The monoisotopic (exact) mass is 324 g/mol. The lowest BCUT2D eigenvalue weighted by atomic mass is 10.1. The third-order valence-electron chi connectivity index (χ3n) is 2.60. The summed E-state index contributed by atoms with van der Waals surface area (Å²) in [6.45, 7) is -1.16. The normalized spacial score (nSPS) is 21.1. The summed E-state index contributed by atoms with van der Waals surface area (Å²) in [5.41, 5.74) is 5.20. The van der Waals surface area contributed by atoms with Crippen molar-refractivity contribution in [1.29, 1.82) is 0 Å². The lowest BCUT2D eigenvalue weighted by molar-refractivity contribution is -0.278. The van der Waals surface area contributed by atoms with Crippen LogP contribution in [-0.4, -0.2) is 53.9 Å². The Kier molecular flexibility index (Phi) is 4.85. The van der Waals surface area contributed by atoms with Gasteiger partial charge in [-0.3, -0.25) is 4.79 Å². The first-order valence-corrected chi connectivity index (χ1v) is 5.68. The van der Waals surface area contributed by atoms with E-state index in [4.69, 9.17) is 10.5 Å². The first kappa shape index (κ1) is 17.0. The zero-order valence-electron chi connectivity index (χ0n) is 9.79. The highest BCUT2D eigenvalue weighted by molar-refractivity contribution is 7.80. The van der Waals surface area contributed by atoms with Crippen LogP contribution in [0.1, 0.15) is 0 Å². The van der Waals surface area contributed by atoms with Gasteiger partial charge in [0, 0.05) is 6.54 Å². The molecule has 1 aliphatic heterocycles. The van der Waals surface area contributed by atoms with Gasteiger partial charge in [0.15, 0.2) is 0 Å². The highest BCUT2D eigenvalue weighted by Gasteiger charge is 2.62. The molecule has 0 aliphatic carbocycles. The van der Waals surface area contributed by atoms with Gasteiger partial charge in [-0.25, -0.2) is 0 Å². The number of hydrogen-bond acceptors (Lipinski definition) is 3. The van der Waals surface area contributed by atoms with Crippen molar-refractivity contribution in [2.75, 3.05) is 19.7 Å². The van der Waals surface area contributed by atoms with Gasteiger partial charge in [-0.15, -0.1) is 0 Å². The van der Waals surface area contributed by atoms with Gasteiger partial charge < -0.3 is 15.4 Å². The smallest absolute Gasteiger partial charge is 0.391 e.